The van der Waals surface area contributed by atoms with E-state index in [1.807, 2.05) is 12.1 Å². The molecule has 3 amide bonds. The topological polar surface area (TPSA) is 83.6 Å². The SMILES string of the molecule is CC(=O)N(C)c1ccc(NC(=O)NCc2cccnc2OC2CCCC2)cc1. The second kappa shape index (κ2) is 9.21. The number of amides is 3. The van der Waals surface area contributed by atoms with Crippen LogP contribution in [-0.2, 0) is 11.3 Å². The van der Waals surface area contributed by atoms with Gasteiger partial charge in [0.2, 0.25) is 11.8 Å². The van der Waals surface area contributed by atoms with Crippen molar-refractivity contribution in [1.82, 2.24) is 10.3 Å². The Morgan fingerprint density at radius 1 is 1.18 bits per heavy atom. The van der Waals surface area contributed by atoms with Crippen molar-refractivity contribution in [3.8, 4) is 5.88 Å². The van der Waals surface area contributed by atoms with Gasteiger partial charge in [0.25, 0.3) is 0 Å². The summed E-state index contributed by atoms with van der Waals surface area (Å²) < 4.78 is 6.00. The zero-order chi connectivity index (χ0) is 19.9. The van der Waals surface area contributed by atoms with E-state index in [1.165, 1.54) is 24.7 Å². The highest BCUT2D eigenvalue weighted by atomic mass is 16.5. The summed E-state index contributed by atoms with van der Waals surface area (Å²) in [5.74, 6) is 0.539. The van der Waals surface area contributed by atoms with Crippen molar-refractivity contribution in [2.24, 2.45) is 0 Å². The Labute approximate surface area is 165 Å². The summed E-state index contributed by atoms with van der Waals surface area (Å²) in [5, 5.41) is 5.62. The molecule has 2 aromatic rings. The highest BCUT2D eigenvalue weighted by Crippen LogP contribution is 2.25. The first kappa shape index (κ1) is 19.7. The zero-order valence-electron chi connectivity index (χ0n) is 16.3. The number of carbonyl (C=O) groups excluding carboxylic acids is 2. The molecule has 1 aliphatic rings. The minimum absolute atomic E-state index is 0.0504. The third-order valence-electron chi connectivity index (χ3n) is 4.85. The molecule has 0 atom stereocenters. The average Bonchev–Trinajstić information content (AvgIpc) is 3.20. The van der Waals surface area contributed by atoms with Crippen molar-refractivity contribution in [3.05, 3.63) is 48.2 Å². The predicted octanol–water partition coefficient (Wildman–Crippen LogP) is 3.71. The number of aromatic nitrogens is 1. The fourth-order valence-corrected chi connectivity index (χ4v) is 3.13. The van der Waals surface area contributed by atoms with Crippen LogP contribution in [-0.4, -0.2) is 30.1 Å². The molecule has 0 saturated heterocycles. The molecule has 0 bridgehead atoms. The van der Waals surface area contributed by atoms with Gasteiger partial charge in [0.05, 0.1) is 0 Å². The second-order valence-electron chi connectivity index (χ2n) is 6.92. The number of nitrogens with zero attached hydrogens (tertiary/aromatic N) is 2. The molecule has 28 heavy (non-hydrogen) atoms. The van der Waals surface area contributed by atoms with Gasteiger partial charge in [-0.1, -0.05) is 6.07 Å². The first-order valence-electron chi connectivity index (χ1n) is 9.52. The van der Waals surface area contributed by atoms with Gasteiger partial charge in [-0.15, -0.1) is 0 Å². The summed E-state index contributed by atoms with van der Waals surface area (Å²) in [7, 11) is 1.70. The number of hydrogen-bond acceptors (Lipinski definition) is 4. The number of nitrogens with one attached hydrogen (secondary N) is 2. The Morgan fingerprint density at radius 3 is 2.57 bits per heavy atom. The van der Waals surface area contributed by atoms with Crippen LogP contribution in [0.15, 0.2) is 42.6 Å². The fraction of sp³-hybridized carbons (Fsp3) is 0.381. The maximum Gasteiger partial charge on any atom is 0.319 e. The summed E-state index contributed by atoms with van der Waals surface area (Å²) in [6, 6.07) is 10.5. The largest absolute Gasteiger partial charge is 0.474 e. The van der Waals surface area contributed by atoms with Gasteiger partial charge in [-0.3, -0.25) is 4.79 Å². The van der Waals surface area contributed by atoms with Crippen LogP contribution in [0.3, 0.4) is 0 Å². The summed E-state index contributed by atoms with van der Waals surface area (Å²) in [6.07, 6.45) is 6.41. The molecule has 1 aromatic heterocycles. The van der Waals surface area contributed by atoms with Crippen LogP contribution < -0.4 is 20.3 Å². The number of carbonyl (C=O) groups is 2. The average molecular weight is 382 g/mol. The van der Waals surface area contributed by atoms with Gasteiger partial charge in [-0.2, -0.15) is 0 Å². The van der Waals surface area contributed by atoms with E-state index in [-0.39, 0.29) is 18.0 Å². The number of pyridine rings is 1. The van der Waals surface area contributed by atoms with E-state index in [9.17, 15) is 9.59 Å². The van der Waals surface area contributed by atoms with Crippen LogP contribution in [0.2, 0.25) is 0 Å². The summed E-state index contributed by atoms with van der Waals surface area (Å²) in [5.41, 5.74) is 2.26. The highest BCUT2D eigenvalue weighted by Gasteiger charge is 2.18. The van der Waals surface area contributed by atoms with Crippen molar-refractivity contribution < 1.29 is 14.3 Å². The molecular formula is C21H26N4O3. The lowest BCUT2D eigenvalue weighted by Crippen LogP contribution is -2.28. The zero-order valence-corrected chi connectivity index (χ0v) is 16.3. The van der Waals surface area contributed by atoms with Gasteiger partial charge in [0.1, 0.15) is 6.10 Å². The molecule has 1 heterocycles. The van der Waals surface area contributed by atoms with Gasteiger partial charge in [0, 0.05) is 43.7 Å². The molecule has 0 aliphatic heterocycles. The highest BCUT2D eigenvalue weighted by molar-refractivity contribution is 5.92. The number of rotatable bonds is 6. The Hall–Kier alpha value is -3.09. The Balaban J connectivity index is 1.54. The summed E-state index contributed by atoms with van der Waals surface area (Å²) in [6.45, 7) is 1.83. The lowest BCUT2D eigenvalue weighted by Gasteiger charge is -2.16. The van der Waals surface area contributed by atoms with Crippen molar-refractivity contribution in [3.63, 3.8) is 0 Å². The standard InChI is InChI=1S/C21H26N4O3/c1-15(26)25(2)18-11-9-17(10-12-18)24-21(27)23-14-16-6-5-13-22-20(16)28-19-7-3-4-8-19/h5-6,9-13,19H,3-4,7-8,14H2,1-2H3,(H2,23,24,27). The molecule has 1 aliphatic carbocycles. The van der Waals surface area contributed by atoms with E-state index in [0.717, 1.165) is 24.1 Å². The van der Waals surface area contributed by atoms with Crippen LogP contribution in [0.1, 0.15) is 38.2 Å². The number of ether oxygens (including phenoxy) is 1. The minimum Gasteiger partial charge on any atom is -0.474 e. The van der Waals surface area contributed by atoms with Crippen LogP contribution >= 0.6 is 0 Å². The van der Waals surface area contributed by atoms with Gasteiger partial charge in [0.15, 0.2) is 0 Å². The van der Waals surface area contributed by atoms with Crippen LogP contribution in [0.25, 0.3) is 0 Å². The molecular weight excluding hydrogens is 356 g/mol. The molecule has 7 nitrogen and oxygen atoms in total. The second-order valence-corrected chi connectivity index (χ2v) is 6.92. The first-order valence-corrected chi connectivity index (χ1v) is 9.52. The molecule has 3 rings (SSSR count). The van der Waals surface area contributed by atoms with Crippen LogP contribution in [0.5, 0.6) is 5.88 Å². The van der Waals surface area contributed by atoms with E-state index in [2.05, 4.69) is 15.6 Å². The van der Waals surface area contributed by atoms with Gasteiger partial charge in [-0.25, -0.2) is 9.78 Å². The van der Waals surface area contributed by atoms with Crippen LogP contribution in [0.4, 0.5) is 16.2 Å². The minimum atomic E-state index is -0.316. The van der Waals surface area contributed by atoms with Gasteiger partial charge >= 0.3 is 6.03 Å². The Bertz CT molecular complexity index is 817. The fourth-order valence-electron chi connectivity index (χ4n) is 3.13. The van der Waals surface area contributed by atoms with Crippen molar-refractivity contribution in [2.75, 3.05) is 17.3 Å². The molecule has 0 spiro atoms. The van der Waals surface area contributed by atoms with Crippen molar-refractivity contribution in [1.29, 1.82) is 0 Å². The molecule has 0 radical (unpaired) electrons. The smallest absolute Gasteiger partial charge is 0.319 e. The maximum atomic E-state index is 12.2. The molecule has 0 unspecified atom stereocenters. The predicted molar refractivity (Wildman–Crippen MR) is 109 cm³/mol. The third-order valence-corrected chi connectivity index (χ3v) is 4.85. The monoisotopic (exact) mass is 382 g/mol. The van der Waals surface area contributed by atoms with E-state index in [0.29, 0.717) is 18.1 Å². The molecule has 1 aromatic carbocycles. The Morgan fingerprint density at radius 2 is 1.89 bits per heavy atom. The van der Waals surface area contributed by atoms with E-state index < -0.39 is 0 Å². The van der Waals surface area contributed by atoms with E-state index >= 15 is 0 Å². The third kappa shape index (κ3) is 5.22. The van der Waals surface area contributed by atoms with Gasteiger partial charge in [-0.05, 0) is 56.0 Å². The molecule has 1 fully saturated rings. The normalized spacial score (nSPS) is 13.8. The molecule has 148 valence electrons. The van der Waals surface area contributed by atoms with E-state index in [4.69, 9.17) is 4.74 Å². The number of benzene rings is 1. The maximum absolute atomic E-state index is 12.2. The van der Waals surface area contributed by atoms with Crippen molar-refractivity contribution in [2.45, 2.75) is 45.3 Å². The quantitative estimate of drug-likeness (QED) is 0.798. The van der Waals surface area contributed by atoms with E-state index in [1.54, 1.807) is 37.5 Å². The summed E-state index contributed by atoms with van der Waals surface area (Å²) >= 11 is 0. The summed E-state index contributed by atoms with van der Waals surface area (Å²) in [4.78, 5) is 29.5. The number of hydrogen-bond donors (Lipinski definition) is 2. The lowest BCUT2D eigenvalue weighted by molar-refractivity contribution is -0.116. The Kier molecular flexibility index (Phi) is 6.47. The van der Waals surface area contributed by atoms with Crippen LogP contribution in [0, 0.1) is 0 Å². The lowest BCUT2D eigenvalue weighted by atomic mass is 10.2. The van der Waals surface area contributed by atoms with Crippen molar-refractivity contribution >= 4 is 23.3 Å². The van der Waals surface area contributed by atoms with Gasteiger partial charge < -0.3 is 20.3 Å². The number of urea groups is 1. The molecule has 2 N–H and O–H groups in total. The molecule has 1 saturated carbocycles. The first-order chi connectivity index (χ1) is 13.5. The molecule has 7 heteroatoms. The number of anilines is 2.